The molecule has 2 N–H and O–H groups in total. The van der Waals surface area contributed by atoms with Gasteiger partial charge in [-0.05, 0) is 74.2 Å². The van der Waals surface area contributed by atoms with Crippen molar-refractivity contribution in [3.63, 3.8) is 0 Å². The Hall–Kier alpha value is -2.28. The number of ketones is 2. The molecule has 4 aliphatic carbocycles. The van der Waals surface area contributed by atoms with E-state index in [4.69, 9.17) is 0 Å². The Bertz CT molecular complexity index is 1100. The summed E-state index contributed by atoms with van der Waals surface area (Å²) in [5, 5.41) is 11.7. The molecule has 0 radical (unpaired) electrons. The van der Waals surface area contributed by atoms with Gasteiger partial charge < -0.3 is 10.1 Å². The van der Waals surface area contributed by atoms with Crippen LogP contribution >= 0.6 is 0 Å². The van der Waals surface area contributed by atoms with Crippen LogP contribution in [0.15, 0.2) is 33.5 Å². The summed E-state index contributed by atoms with van der Waals surface area (Å²) >= 11 is 0. The highest BCUT2D eigenvalue weighted by atomic mass is 16.3. The fourth-order valence-corrected chi connectivity index (χ4v) is 7.91. The van der Waals surface area contributed by atoms with Crippen LogP contribution in [-0.4, -0.2) is 31.8 Å². The van der Waals surface area contributed by atoms with E-state index in [1.165, 1.54) is 17.8 Å². The largest absolute Gasteiger partial charge is 0.381 e. The average molecular weight is 441 g/mol. The first kappa shape index (κ1) is 21.6. The highest BCUT2D eigenvalue weighted by molar-refractivity contribution is 5.91. The van der Waals surface area contributed by atoms with Gasteiger partial charge in [0.1, 0.15) is 5.60 Å². The molecule has 0 aromatic carbocycles. The number of carbonyl (C=O) groups excluding carboxylic acids is 2. The number of hydrogen-bond acceptors (Lipinski definition) is 5. The Balaban J connectivity index is 1.44. The molecule has 3 fully saturated rings. The lowest BCUT2D eigenvalue weighted by Crippen LogP contribution is -2.58. The number of H-pyrrole nitrogens is 1. The molecule has 0 aliphatic heterocycles. The van der Waals surface area contributed by atoms with Gasteiger partial charge in [-0.2, -0.15) is 0 Å². The summed E-state index contributed by atoms with van der Waals surface area (Å²) in [5.74, 6) is 0.894. The molecule has 7 heteroatoms. The number of aromatic amines is 1. The molecule has 1 aromatic rings. The highest BCUT2D eigenvalue weighted by Crippen LogP contribution is 2.67. The number of aromatic nitrogens is 2. The van der Waals surface area contributed by atoms with Crippen LogP contribution in [-0.2, 0) is 16.1 Å². The van der Waals surface area contributed by atoms with Crippen molar-refractivity contribution in [1.82, 2.24) is 9.55 Å². The third kappa shape index (κ3) is 2.82. The average Bonchev–Trinajstić information content (AvgIpc) is 3.03. The molecule has 0 spiro atoms. The summed E-state index contributed by atoms with van der Waals surface area (Å²) < 4.78 is 0.875. The van der Waals surface area contributed by atoms with E-state index in [-0.39, 0.29) is 17.1 Å². The molecule has 0 bridgehead atoms. The summed E-state index contributed by atoms with van der Waals surface area (Å²) in [5.41, 5.74) is -1.95. The minimum absolute atomic E-state index is 0.0352. The summed E-state index contributed by atoms with van der Waals surface area (Å²) in [6.07, 6.45) is 9.34. The van der Waals surface area contributed by atoms with Crippen molar-refractivity contribution in [2.45, 2.75) is 77.4 Å². The molecule has 6 atom stereocenters. The lowest BCUT2D eigenvalue weighted by Gasteiger charge is -2.58. The quantitative estimate of drug-likeness (QED) is 0.750. The van der Waals surface area contributed by atoms with Gasteiger partial charge in [-0.1, -0.05) is 19.4 Å². The van der Waals surface area contributed by atoms with Crippen LogP contribution in [0, 0.1) is 28.6 Å². The van der Waals surface area contributed by atoms with E-state index in [1.807, 2.05) is 13.0 Å². The van der Waals surface area contributed by atoms with E-state index in [9.17, 15) is 24.3 Å². The third-order valence-electron chi connectivity index (χ3n) is 9.82. The van der Waals surface area contributed by atoms with E-state index in [1.54, 1.807) is 0 Å². The topological polar surface area (TPSA) is 109 Å². The summed E-state index contributed by atoms with van der Waals surface area (Å²) in [4.78, 5) is 52.0. The van der Waals surface area contributed by atoms with E-state index in [2.05, 4.69) is 11.9 Å². The van der Waals surface area contributed by atoms with E-state index in [0.29, 0.717) is 24.7 Å². The lowest BCUT2D eigenvalue weighted by molar-refractivity contribution is -0.163. The minimum atomic E-state index is -1.54. The summed E-state index contributed by atoms with van der Waals surface area (Å²) in [6.45, 7) is 3.94. The number of nitrogens with one attached hydrogen (secondary N) is 1. The highest BCUT2D eigenvalue weighted by Gasteiger charge is 2.66. The second kappa shape index (κ2) is 7.11. The first-order chi connectivity index (χ1) is 15.1. The number of fused-ring (bicyclic) bond motifs is 5. The zero-order chi connectivity index (χ0) is 22.9. The first-order valence-electron chi connectivity index (χ1n) is 11.9. The van der Waals surface area contributed by atoms with Gasteiger partial charge in [-0.15, -0.1) is 0 Å². The number of Topliss-reactive ketones (excluding diaryl/α,β-unsaturated/α-hetero) is 1. The van der Waals surface area contributed by atoms with Gasteiger partial charge in [-0.3, -0.25) is 19.0 Å². The zero-order valence-corrected chi connectivity index (χ0v) is 18.9. The van der Waals surface area contributed by atoms with Crippen LogP contribution in [0.2, 0.25) is 0 Å². The van der Waals surface area contributed by atoms with Crippen molar-refractivity contribution in [2.24, 2.45) is 28.6 Å². The van der Waals surface area contributed by atoms with Crippen LogP contribution in [0.5, 0.6) is 0 Å². The smallest absolute Gasteiger partial charge is 0.328 e. The monoisotopic (exact) mass is 440 g/mol. The van der Waals surface area contributed by atoms with Crippen molar-refractivity contribution in [1.29, 1.82) is 0 Å². The van der Waals surface area contributed by atoms with Crippen LogP contribution in [0.4, 0.5) is 0 Å². The Labute approximate surface area is 186 Å². The Morgan fingerprint density at radius 1 is 1.09 bits per heavy atom. The number of rotatable bonds is 3. The second-order valence-corrected chi connectivity index (χ2v) is 11.0. The minimum Gasteiger partial charge on any atom is -0.381 e. The van der Waals surface area contributed by atoms with E-state index < -0.39 is 34.6 Å². The SMILES string of the molecule is C[C@]12CCC(=O)C=C1CC[C@@H]1[C@@H]2CC[C@@]2(C)[C@H]1CC[C@]2(O)C(=O)Cn1c(=O)cc[nH]c1=O. The van der Waals surface area contributed by atoms with Gasteiger partial charge >= 0.3 is 5.69 Å². The lowest BCUT2D eigenvalue weighted by atomic mass is 9.46. The van der Waals surface area contributed by atoms with Gasteiger partial charge in [0.25, 0.3) is 5.56 Å². The molecule has 32 heavy (non-hydrogen) atoms. The zero-order valence-electron chi connectivity index (χ0n) is 18.9. The first-order valence-corrected chi connectivity index (χ1v) is 11.9. The number of allylic oxidation sites excluding steroid dienone is 1. The van der Waals surface area contributed by atoms with Crippen molar-refractivity contribution < 1.29 is 14.7 Å². The van der Waals surface area contributed by atoms with Crippen LogP contribution in [0.3, 0.4) is 0 Å². The Morgan fingerprint density at radius 2 is 1.84 bits per heavy atom. The molecule has 172 valence electrons. The van der Waals surface area contributed by atoms with Crippen molar-refractivity contribution in [3.8, 4) is 0 Å². The molecule has 0 saturated heterocycles. The molecule has 0 unspecified atom stereocenters. The van der Waals surface area contributed by atoms with E-state index >= 15 is 0 Å². The normalized spacial score (nSPS) is 40.8. The number of aliphatic hydroxyl groups is 1. The second-order valence-electron chi connectivity index (χ2n) is 11.0. The van der Waals surface area contributed by atoms with Crippen molar-refractivity contribution >= 4 is 11.6 Å². The number of carbonyl (C=O) groups is 2. The molecular formula is C25H32N2O5. The van der Waals surface area contributed by atoms with Crippen LogP contribution in [0.25, 0.3) is 0 Å². The van der Waals surface area contributed by atoms with Gasteiger partial charge in [0, 0.05) is 24.1 Å². The maximum Gasteiger partial charge on any atom is 0.328 e. The molecule has 4 aliphatic rings. The van der Waals surface area contributed by atoms with Crippen LogP contribution < -0.4 is 11.2 Å². The molecule has 1 aromatic heterocycles. The van der Waals surface area contributed by atoms with Crippen molar-refractivity contribution in [3.05, 3.63) is 44.8 Å². The molecule has 5 rings (SSSR count). The predicted molar refractivity (Wildman–Crippen MR) is 118 cm³/mol. The van der Waals surface area contributed by atoms with Gasteiger partial charge in [0.05, 0.1) is 6.54 Å². The Morgan fingerprint density at radius 3 is 2.59 bits per heavy atom. The molecule has 7 nitrogen and oxygen atoms in total. The standard InChI is InChI=1S/C25H32N2O5/c1-23-9-5-16(28)13-15(23)3-4-17-18(23)6-10-24(2)19(17)7-11-25(24,32)20(29)14-27-21(30)8-12-26-22(27)31/h8,12-13,17-19,32H,3-7,9-11,14H2,1-2H3,(H,26,31)/t17-,18+,19+,23+,24+,25+/m1/s1. The predicted octanol–water partition coefficient (Wildman–Crippen LogP) is 2.37. The molecule has 1 heterocycles. The van der Waals surface area contributed by atoms with Crippen LogP contribution in [0.1, 0.15) is 65.2 Å². The number of nitrogens with zero attached hydrogens (tertiary/aromatic N) is 1. The fraction of sp³-hybridized carbons (Fsp3) is 0.680. The fourth-order valence-electron chi connectivity index (χ4n) is 7.91. The van der Waals surface area contributed by atoms with Crippen molar-refractivity contribution in [2.75, 3.05) is 0 Å². The Kier molecular flexibility index (Phi) is 4.79. The molecular weight excluding hydrogens is 408 g/mol. The molecule has 3 saturated carbocycles. The number of hydrogen-bond donors (Lipinski definition) is 2. The van der Waals surface area contributed by atoms with Gasteiger partial charge in [0.2, 0.25) is 0 Å². The summed E-state index contributed by atoms with van der Waals surface area (Å²) in [7, 11) is 0. The molecule has 0 amide bonds. The maximum absolute atomic E-state index is 13.4. The van der Waals surface area contributed by atoms with Gasteiger partial charge in [-0.25, -0.2) is 4.79 Å². The van der Waals surface area contributed by atoms with Gasteiger partial charge in [0.15, 0.2) is 11.6 Å². The third-order valence-corrected chi connectivity index (χ3v) is 9.82. The van der Waals surface area contributed by atoms with E-state index in [0.717, 1.165) is 43.1 Å². The maximum atomic E-state index is 13.4. The summed E-state index contributed by atoms with van der Waals surface area (Å²) in [6, 6.07) is 1.21.